The maximum atomic E-state index is 12.4. The lowest BCUT2D eigenvalue weighted by Crippen LogP contribution is -2.16. The number of sulfone groups is 1. The summed E-state index contributed by atoms with van der Waals surface area (Å²) in [5.41, 5.74) is 6.80. The third-order valence-corrected chi connectivity index (χ3v) is 4.39. The average Bonchev–Trinajstić information content (AvgIpc) is 2.50. The van der Waals surface area contributed by atoms with E-state index in [1.54, 1.807) is 18.2 Å². The molecule has 1 aliphatic rings. The molecule has 1 N–H and O–H groups in total. The van der Waals surface area contributed by atoms with Gasteiger partial charge in [-0.3, -0.25) is 0 Å². The van der Waals surface area contributed by atoms with Crippen LogP contribution in [0.25, 0.3) is 5.08 Å². The van der Waals surface area contributed by atoms with Crippen LogP contribution in [0.4, 0.5) is 0 Å². The Bertz CT molecular complexity index is 828. The van der Waals surface area contributed by atoms with Crippen LogP contribution in [0.15, 0.2) is 73.8 Å². The van der Waals surface area contributed by atoms with Gasteiger partial charge in [-0.2, -0.15) is 5.53 Å². The molecule has 8 nitrogen and oxygen atoms in total. The first-order valence-corrected chi connectivity index (χ1v) is 7.14. The molecule has 0 atom stereocenters. The van der Waals surface area contributed by atoms with Gasteiger partial charge in [-0.1, -0.05) is 23.4 Å². The first-order chi connectivity index (χ1) is 10.1. The third-order valence-electron chi connectivity index (χ3n) is 2.62. The topological polar surface area (TPSA) is 123 Å². The van der Waals surface area contributed by atoms with Gasteiger partial charge in [0, 0.05) is 0 Å². The molecule has 0 radical (unpaired) electrons. The van der Waals surface area contributed by atoms with Gasteiger partial charge in [-0.25, -0.2) is 8.42 Å². The molecular formula is C12H9N6O2S+. The predicted octanol–water partition coefficient (Wildman–Crippen LogP) is 2.51. The van der Waals surface area contributed by atoms with Crippen molar-refractivity contribution in [1.29, 1.82) is 10.9 Å². The number of benzene rings is 1. The lowest BCUT2D eigenvalue weighted by atomic mass is 10.1. The van der Waals surface area contributed by atoms with Gasteiger partial charge in [0.1, 0.15) is 5.71 Å². The van der Waals surface area contributed by atoms with Crippen LogP contribution < -0.4 is 0 Å². The van der Waals surface area contributed by atoms with Crippen LogP contribution in [0.1, 0.15) is 0 Å². The Hall–Kier alpha value is -2.99. The van der Waals surface area contributed by atoms with E-state index < -0.39 is 9.84 Å². The lowest BCUT2D eigenvalue weighted by Gasteiger charge is -2.08. The minimum absolute atomic E-state index is 0.00879. The molecule has 0 aliphatic heterocycles. The van der Waals surface area contributed by atoms with Crippen LogP contribution in [0.3, 0.4) is 0 Å². The molecule has 0 fully saturated rings. The molecule has 1 aromatic carbocycles. The van der Waals surface area contributed by atoms with Crippen LogP contribution in [0, 0.1) is 10.9 Å². The van der Waals surface area contributed by atoms with Crippen molar-refractivity contribution in [2.45, 2.75) is 4.90 Å². The van der Waals surface area contributed by atoms with Gasteiger partial charge in [0.25, 0.3) is 5.39 Å². The number of hydrogen-bond donors (Lipinski definition) is 1. The highest BCUT2D eigenvalue weighted by atomic mass is 32.2. The molecule has 1 aliphatic carbocycles. The standard InChI is InChI=1S/C12H9N6O2S/c13-17-15-11-7-6-10(8-12(11)16-18-14)21(19,20)9-4-2-1-3-5-9/h1-8,13H/q+1. The van der Waals surface area contributed by atoms with Gasteiger partial charge >= 0.3 is 5.08 Å². The molecule has 0 saturated carbocycles. The summed E-state index contributed by atoms with van der Waals surface area (Å²) in [6.45, 7) is 0. The van der Waals surface area contributed by atoms with Gasteiger partial charge in [-0.05, 0) is 30.4 Å². The average molecular weight is 301 g/mol. The second kappa shape index (κ2) is 5.98. The minimum Gasteiger partial charge on any atom is -0.219 e. The molecule has 1 aromatic rings. The van der Waals surface area contributed by atoms with E-state index in [2.05, 4.69) is 20.5 Å². The maximum absolute atomic E-state index is 12.4. The second-order valence-electron chi connectivity index (χ2n) is 3.86. The Morgan fingerprint density at radius 3 is 2.43 bits per heavy atom. The maximum Gasteiger partial charge on any atom is 0.339 e. The highest BCUT2D eigenvalue weighted by molar-refractivity contribution is 7.95. The molecule has 9 heteroatoms. The molecular weight excluding hydrogens is 292 g/mol. The monoisotopic (exact) mass is 301 g/mol. The van der Waals surface area contributed by atoms with Crippen molar-refractivity contribution < 1.29 is 8.42 Å². The number of nitrogens with zero attached hydrogens (tertiary/aromatic N) is 5. The van der Waals surface area contributed by atoms with Gasteiger partial charge in [0.2, 0.25) is 9.84 Å². The van der Waals surface area contributed by atoms with E-state index in [1.807, 2.05) is 0 Å². The molecule has 21 heavy (non-hydrogen) atoms. The first-order valence-electron chi connectivity index (χ1n) is 5.66. The zero-order valence-corrected chi connectivity index (χ0v) is 11.4. The minimum atomic E-state index is -3.71. The SMILES string of the molecule is N#[N+]N=C1C=C(S(=O)(=O)c2ccccc2)C=CC1=NN=N. The summed E-state index contributed by atoms with van der Waals surface area (Å²) in [5.74, 6) is 0. The van der Waals surface area contributed by atoms with Crippen molar-refractivity contribution in [2.24, 2.45) is 15.4 Å². The Labute approximate surface area is 120 Å². The summed E-state index contributed by atoms with van der Waals surface area (Å²) in [4.78, 5) is 0.104. The second-order valence-corrected chi connectivity index (χ2v) is 5.81. The smallest absolute Gasteiger partial charge is 0.219 e. The Morgan fingerprint density at radius 1 is 1.10 bits per heavy atom. The van der Waals surface area contributed by atoms with Gasteiger partial charge < -0.3 is 0 Å². The zero-order valence-electron chi connectivity index (χ0n) is 10.6. The van der Waals surface area contributed by atoms with Crippen LogP contribution in [0.5, 0.6) is 0 Å². The molecule has 104 valence electrons. The van der Waals surface area contributed by atoms with Crippen molar-refractivity contribution >= 4 is 21.3 Å². The van der Waals surface area contributed by atoms with E-state index in [4.69, 9.17) is 10.9 Å². The fraction of sp³-hybridized carbons (Fsp3) is 0. The number of hydrogen-bond acceptors (Lipinski definition) is 6. The van der Waals surface area contributed by atoms with Crippen molar-refractivity contribution in [3.63, 3.8) is 0 Å². The third kappa shape index (κ3) is 2.96. The Kier molecular flexibility index (Phi) is 4.10. The molecule has 0 amide bonds. The van der Waals surface area contributed by atoms with Crippen molar-refractivity contribution in [3.8, 4) is 0 Å². The number of nitrogens with one attached hydrogen (secondary N) is 1. The molecule has 0 unspecified atom stereocenters. The Balaban J connectivity index is 2.52. The van der Waals surface area contributed by atoms with Crippen molar-refractivity contribution in [1.82, 2.24) is 0 Å². The number of diazo groups is 1. The molecule has 0 spiro atoms. The summed E-state index contributed by atoms with van der Waals surface area (Å²) in [6.07, 6.45) is 3.85. The zero-order chi connectivity index (χ0) is 15.3. The van der Waals surface area contributed by atoms with E-state index in [-0.39, 0.29) is 21.2 Å². The van der Waals surface area contributed by atoms with Gasteiger partial charge in [0.15, 0.2) is 10.8 Å². The fourth-order valence-electron chi connectivity index (χ4n) is 1.67. The van der Waals surface area contributed by atoms with Crippen LogP contribution in [0.2, 0.25) is 0 Å². The largest absolute Gasteiger partial charge is 0.339 e. The van der Waals surface area contributed by atoms with Gasteiger partial charge in [-0.15, -0.1) is 5.10 Å². The molecule has 0 heterocycles. The predicted molar refractivity (Wildman–Crippen MR) is 76.0 cm³/mol. The summed E-state index contributed by atoms with van der Waals surface area (Å²) in [5, 5.41) is 20.8. The van der Waals surface area contributed by atoms with E-state index in [1.165, 1.54) is 30.4 Å². The van der Waals surface area contributed by atoms with E-state index in [9.17, 15) is 8.42 Å². The van der Waals surface area contributed by atoms with Crippen LogP contribution >= 0.6 is 0 Å². The highest BCUT2D eigenvalue weighted by Gasteiger charge is 2.24. The fourth-order valence-corrected chi connectivity index (χ4v) is 2.97. The lowest BCUT2D eigenvalue weighted by molar-refractivity contribution is 0.603. The molecule has 0 aromatic heterocycles. The summed E-state index contributed by atoms with van der Waals surface area (Å²) >= 11 is 0. The molecule has 0 bridgehead atoms. The van der Waals surface area contributed by atoms with Gasteiger partial charge in [0.05, 0.1) is 9.80 Å². The quantitative estimate of drug-likeness (QED) is 0.399. The highest BCUT2D eigenvalue weighted by Crippen LogP contribution is 2.22. The number of allylic oxidation sites excluding steroid dienone is 3. The normalized spacial score (nSPS) is 18.3. The molecule has 2 rings (SSSR count). The van der Waals surface area contributed by atoms with Crippen molar-refractivity contribution in [3.05, 3.63) is 58.6 Å². The first kappa shape index (κ1) is 14.4. The summed E-state index contributed by atoms with van der Waals surface area (Å²) in [7, 11) is -3.71. The van der Waals surface area contributed by atoms with Crippen LogP contribution in [-0.4, -0.2) is 19.8 Å². The summed E-state index contributed by atoms with van der Waals surface area (Å²) in [6, 6.07) is 7.88. The van der Waals surface area contributed by atoms with E-state index in [0.29, 0.717) is 0 Å². The number of rotatable bonds is 3. The molecule has 0 saturated heterocycles. The Morgan fingerprint density at radius 2 is 1.81 bits per heavy atom. The van der Waals surface area contributed by atoms with Crippen LogP contribution in [-0.2, 0) is 9.84 Å². The summed E-state index contributed by atoms with van der Waals surface area (Å²) < 4.78 is 24.9. The van der Waals surface area contributed by atoms with E-state index >= 15 is 0 Å². The van der Waals surface area contributed by atoms with Crippen molar-refractivity contribution in [2.75, 3.05) is 0 Å². The van der Waals surface area contributed by atoms with E-state index in [0.717, 1.165) is 0 Å².